The third-order valence-electron chi connectivity index (χ3n) is 2.96. The molecule has 0 saturated carbocycles. The van der Waals surface area contributed by atoms with Crippen LogP contribution in [0.1, 0.15) is 32.5 Å². The summed E-state index contributed by atoms with van der Waals surface area (Å²) in [6.45, 7) is 5.84. The summed E-state index contributed by atoms with van der Waals surface area (Å²) in [6.07, 6.45) is 4.10. The van der Waals surface area contributed by atoms with Gasteiger partial charge in [-0.15, -0.1) is 0 Å². The third-order valence-corrected chi connectivity index (χ3v) is 2.96. The molecule has 2 heterocycles. The van der Waals surface area contributed by atoms with E-state index in [9.17, 15) is 0 Å². The van der Waals surface area contributed by atoms with Crippen molar-refractivity contribution < 1.29 is 4.74 Å². The molecule has 0 spiro atoms. The first kappa shape index (κ1) is 11.5. The van der Waals surface area contributed by atoms with E-state index in [0.717, 1.165) is 31.8 Å². The van der Waals surface area contributed by atoms with Gasteiger partial charge in [0.15, 0.2) is 0 Å². The highest BCUT2D eigenvalue weighted by molar-refractivity contribution is 4.87. The van der Waals surface area contributed by atoms with Crippen molar-refractivity contribution in [1.29, 1.82) is 0 Å². The van der Waals surface area contributed by atoms with Gasteiger partial charge in [0.1, 0.15) is 12.2 Å². The van der Waals surface area contributed by atoms with Crippen LogP contribution >= 0.6 is 0 Å². The predicted molar refractivity (Wildman–Crippen MR) is 61.0 cm³/mol. The molecule has 1 aromatic heterocycles. The Kier molecular flexibility index (Phi) is 3.25. The summed E-state index contributed by atoms with van der Waals surface area (Å²) >= 11 is 0. The highest BCUT2D eigenvalue weighted by atomic mass is 16.5. The topological polar surface area (TPSA) is 52.0 Å². The number of nitrogens with zero attached hydrogens (tertiary/aromatic N) is 3. The van der Waals surface area contributed by atoms with Crippen molar-refractivity contribution in [3.8, 4) is 0 Å². The van der Waals surface area contributed by atoms with Gasteiger partial charge in [-0.3, -0.25) is 0 Å². The molecule has 5 nitrogen and oxygen atoms in total. The van der Waals surface area contributed by atoms with Gasteiger partial charge in [-0.2, -0.15) is 5.10 Å². The first-order valence-electron chi connectivity index (χ1n) is 5.80. The number of hydrogen-bond acceptors (Lipinski definition) is 4. The normalized spacial score (nSPS) is 23.8. The third kappa shape index (κ3) is 2.59. The van der Waals surface area contributed by atoms with Crippen molar-refractivity contribution in [2.24, 2.45) is 0 Å². The molecule has 0 radical (unpaired) electrons. The zero-order valence-corrected chi connectivity index (χ0v) is 10.2. The number of hydrogen-bond donors (Lipinski definition) is 1. The van der Waals surface area contributed by atoms with Crippen LogP contribution in [0.5, 0.6) is 0 Å². The molecule has 5 heteroatoms. The van der Waals surface area contributed by atoms with Crippen LogP contribution in [0.3, 0.4) is 0 Å². The van der Waals surface area contributed by atoms with E-state index in [-0.39, 0.29) is 11.7 Å². The largest absolute Gasteiger partial charge is 0.370 e. The molecule has 1 N–H and O–H groups in total. The Morgan fingerprint density at radius 2 is 2.44 bits per heavy atom. The Bertz CT molecular complexity index is 348. The maximum absolute atomic E-state index is 5.95. The van der Waals surface area contributed by atoms with E-state index in [2.05, 4.69) is 29.2 Å². The molecule has 90 valence electrons. The van der Waals surface area contributed by atoms with Gasteiger partial charge < -0.3 is 10.1 Å². The van der Waals surface area contributed by atoms with Crippen molar-refractivity contribution in [2.75, 3.05) is 7.05 Å². The van der Waals surface area contributed by atoms with Gasteiger partial charge in [0.05, 0.1) is 24.8 Å². The van der Waals surface area contributed by atoms with Crippen LogP contribution in [0.4, 0.5) is 0 Å². The van der Waals surface area contributed by atoms with Crippen molar-refractivity contribution in [3.05, 3.63) is 12.2 Å². The Balaban J connectivity index is 1.96. The average Bonchev–Trinajstić information content (AvgIpc) is 2.76. The molecule has 1 aliphatic rings. The van der Waals surface area contributed by atoms with Crippen LogP contribution in [-0.2, 0) is 17.8 Å². The van der Waals surface area contributed by atoms with Gasteiger partial charge in [-0.25, -0.2) is 9.67 Å². The van der Waals surface area contributed by atoms with Gasteiger partial charge in [0, 0.05) is 0 Å². The highest BCUT2D eigenvalue weighted by Gasteiger charge is 2.32. The summed E-state index contributed by atoms with van der Waals surface area (Å²) in [7, 11) is 1.91. The first-order valence-corrected chi connectivity index (χ1v) is 5.80. The summed E-state index contributed by atoms with van der Waals surface area (Å²) in [5.41, 5.74) is 0.0222. The molecule has 1 fully saturated rings. The van der Waals surface area contributed by atoms with E-state index >= 15 is 0 Å². The second-order valence-corrected chi connectivity index (χ2v) is 4.93. The van der Waals surface area contributed by atoms with E-state index < -0.39 is 0 Å². The molecule has 0 amide bonds. The van der Waals surface area contributed by atoms with Crippen LogP contribution in [0.2, 0.25) is 0 Å². The lowest BCUT2D eigenvalue weighted by Crippen LogP contribution is -2.25. The summed E-state index contributed by atoms with van der Waals surface area (Å²) in [5.74, 6) is 0.968. The maximum Gasteiger partial charge on any atom is 0.140 e. The molecule has 1 unspecified atom stereocenters. The van der Waals surface area contributed by atoms with Gasteiger partial charge in [0.25, 0.3) is 0 Å². The molecular weight excluding hydrogens is 204 g/mol. The van der Waals surface area contributed by atoms with E-state index in [0.29, 0.717) is 0 Å². The minimum atomic E-state index is 0.0222. The SMILES string of the molecule is CNCc1ncnn1CC1CCC(C)(C)O1. The minimum Gasteiger partial charge on any atom is -0.370 e. The molecule has 2 rings (SSSR count). The monoisotopic (exact) mass is 224 g/mol. The summed E-state index contributed by atoms with van der Waals surface area (Å²) in [5, 5.41) is 7.32. The fourth-order valence-corrected chi connectivity index (χ4v) is 2.13. The summed E-state index contributed by atoms with van der Waals surface area (Å²) in [6, 6.07) is 0. The van der Waals surface area contributed by atoms with Crippen LogP contribution in [0.15, 0.2) is 6.33 Å². The maximum atomic E-state index is 5.95. The van der Waals surface area contributed by atoms with Gasteiger partial charge >= 0.3 is 0 Å². The molecular formula is C11H20N4O. The second kappa shape index (κ2) is 4.51. The average molecular weight is 224 g/mol. The van der Waals surface area contributed by atoms with Gasteiger partial charge in [-0.1, -0.05) is 0 Å². The number of aromatic nitrogens is 3. The van der Waals surface area contributed by atoms with Crippen molar-refractivity contribution in [1.82, 2.24) is 20.1 Å². The van der Waals surface area contributed by atoms with Gasteiger partial charge in [0.2, 0.25) is 0 Å². The number of ether oxygens (including phenoxy) is 1. The van der Waals surface area contributed by atoms with E-state index in [1.165, 1.54) is 0 Å². The molecule has 1 aromatic rings. The molecule has 0 aromatic carbocycles. The van der Waals surface area contributed by atoms with Gasteiger partial charge in [-0.05, 0) is 33.7 Å². The Labute approximate surface area is 96.2 Å². The van der Waals surface area contributed by atoms with Crippen molar-refractivity contribution in [3.63, 3.8) is 0 Å². The first-order chi connectivity index (χ1) is 7.61. The van der Waals surface area contributed by atoms with Crippen LogP contribution in [-0.4, -0.2) is 33.5 Å². The quantitative estimate of drug-likeness (QED) is 0.827. The Hall–Kier alpha value is -0.940. The highest BCUT2D eigenvalue weighted by Crippen LogP contribution is 2.29. The fourth-order valence-electron chi connectivity index (χ4n) is 2.13. The number of nitrogens with one attached hydrogen (secondary N) is 1. The smallest absolute Gasteiger partial charge is 0.140 e. The second-order valence-electron chi connectivity index (χ2n) is 4.93. The zero-order chi connectivity index (χ0) is 11.6. The summed E-state index contributed by atoms with van der Waals surface area (Å²) in [4.78, 5) is 4.22. The predicted octanol–water partition coefficient (Wildman–Crippen LogP) is 0.955. The van der Waals surface area contributed by atoms with Crippen LogP contribution in [0.25, 0.3) is 0 Å². The zero-order valence-electron chi connectivity index (χ0n) is 10.2. The molecule has 0 aliphatic carbocycles. The van der Waals surface area contributed by atoms with Crippen molar-refractivity contribution in [2.45, 2.75) is 51.5 Å². The van der Waals surface area contributed by atoms with Crippen LogP contribution < -0.4 is 5.32 Å². The fraction of sp³-hybridized carbons (Fsp3) is 0.818. The molecule has 16 heavy (non-hydrogen) atoms. The molecule has 1 aliphatic heterocycles. The molecule has 1 saturated heterocycles. The summed E-state index contributed by atoms with van der Waals surface area (Å²) < 4.78 is 7.88. The van der Waals surface area contributed by atoms with Crippen molar-refractivity contribution >= 4 is 0 Å². The lowest BCUT2D eigenvalue weighted by molar-refractivity contribution is -0.0233. The lowest BCUT2D eigenvalue weighted by atomic mass is 10.1. The number of rotatable bonds is 4. The molecule has 1 atom stereocenters. The molecule has 0 bridgehead atoms. The van der Waals surface area contributed by atoms with E-state index in [4.69, 9.17) is 4.74 Å². The van der Waals surface area contributed by atoms with E-state index in [1.807, 2.05) is 11.7 Å². The Morgan fingerprint density at radius 3 is 3.06 bits per heavy atom. The van der Waals surface area contributed by atoms with E-state index in [1.54, 1.807) is 6.33 Å². The standard InChI is InChI=1S/C11H20N4O/c1-11(2)5-4-9(16-11)7-15-10(6-12-3)13-8-14-15/h8-9,12H,4-7H2,1-3H3. The van der Waals surface area contributed by atoms with Crippen LogP contribution in [0, 0.1) is 0 Å². The lowest BCUT2D eigenvalue weighted by Gasteiger charge is -2.19. The minimum absolute atomic E-state index is 0.0222. The Morgan fingerprint density at radius 1 is 1.62 bits per heavy atom.